The van der Waals surface area contributed by atoms with Crippen molar-refractivity contribution in [2.75, 3.05) is 6.54 Å². The van der Waals surface area contributed by atoms with Gasteiger partial charge >= 0.3 is 0 Å². The van der Waals surface area contributed by atoms with Crippen molar-refractivity contribution in [3.63, 3.8) is 0 Å². The van der Waals surface area contributed by atoms with Crippen molar-refractivity contribution < 1.29 is 4.79 Å². The fraction of sp³-hybridized carbons (Fsp3) is 0.417. The third-order valence-corrected chi connectivity index (χ3v) is 2.80. The summed E-state index contributed by atoms with van der Waals surface area (Å²) in [6.07, 6.45) is 0. The second kappa shape index (κ2) is 7.54. The average molecular weight is 277 g/mol. The first-order valence-electron chi connectivity index (χ1n) is 5.30. The van der Waals surface area contributed by atoms with Crippen LogP contribution in [0.1, 0.15) is 24.2 Å². The summed E-state index contributed by atoms with van der Waals surface area (Å²) in [5.41, 5.74) is 6.32. The molecule has 1 rings (SSSR count). The van der Waals surface area contributed by atoms with E-state index >= 15 is 0 Å². The molecular formula is C12H18Cl2N2O. The maximum Gasteiger partial charge on any atom is 0.252 e. The molecule has 1 aromatic rings. The number of nitrogens with one attached hydrogen (secondary N) is 1. The van der Waals surface area contributed by atoms with Crippen LogP contribution in [0.4, 0.5) is 0 Å². The number of amides is 1. The van der Waals surface area contributed by atoms with Gasteiger partial charge in [0.2, 0.25) is 0 Å². The quantitative estimate of drug-likeness (QED) is 0.888. The van der Waals surface area contributed by atoms with Crippen molar-refractivity contribution in [2.45, 2.75) is 19.9 Å². The molecule has 0 bridgehead atoms. The first kappa shape index (κ1) is 16.2. The minimum absolute atomic E-state index is 0. The molecule has 0 aliphatic heterocycles. The van der Waals surface area contributed by atoms with Gasteiger partial charge in [-0.25, -0.2) is 0 Å². The summed E-state index contributed by atoms with van der Waals surface area (Å²) in [5, 5.41) is 3.23. The van der Waals surface area contributed by atoms with Crippen LogP contribution in [0.15, 0.2) is 24.3 Å². The van der Waals surface area contributed by atoms with Crippen LogP contribution in [-0.2, 0) is 0 Å². The smallest absolute Gasteiger partial charge is 0.252 e. The Morgan fingerprint density at radius 3 is 2.53 bits per heavy atom. The van der Waals surface area contributed by atoms with Crippen molar-refractivity contribution in [1.29, 1.82) is 0 Å². The number of hydrogen-bond donors (Lipinski definition) is 2. The van der Waals surface area contributed by atoms with Crippen molar-refractivity contribution in [2.24, 2.45) is 11.7 Å². The molecule has 0 radical (unpaired) electrons. The van der Waals surface area contributed by atoms with Crippen LogP contribution >= 0.6 is 24.0 Å². The zero-order chi connectivity index (χ0) is 12.1. The van der Waals surface area contributed by atoms with Crippen molar-refractivity contribution in [1.82, 2.24) is 5.32 Å². The Kier molecular flexibility index (Phi) is 7.19. The highest BCUT2D eigenvalue weighted by Crippen LogP contribution is 2.14. The van der Waals surface area contributed by atoms with Gasteiger partial charge in [0.15, 0.2) is 0 Å². The SMILES string of the molecule is CC(C)[C@H](N)CNC(=O)c1ccccc1Cl.Cl. The third kappa shape index (κ3) is 4.94. The molecule has 0 aliphatic rings. The lowest BCUT2D eigenvalue weighted by molar-refractivity contribution is 0.0949. The van der Waals surface area contributed by atoms with E-state index < -0.39 is 0 Å². The molecule has 17 heavy (non-hydrogen) atoms. The van der Waals surface area contributed by atoms with Gasteiger partial charge in [-0.1, -0.05) is 37.6 Å². The van der Waals surface area contributed by atoms with E-state index in [-0.39, 0.29) is 24.4 Å². The molecular weight excluding hydrogens is 259 g/mol. The Morgan fingerprint density at radius 2 is 2.00 bits per heavy atom. The maximum absolute atomic E-state index is 11.7. The van der Waals surface area contributed by atoms with E-state index in [9.17, 15) is 4.79 Å². The van der Waals surface area contributed by atoms with E-state index in [1.54, 1.807) is 24.3 Å². The molecule has 0 fully saturated rings. The summed E-state index contributed by atoms with van der Waals surface area (Å²) in [4.78, 5) is 11.7. The van der Waals surface area contributed by atoms with Gasteiger partial charge in [-0.2, -0.15) is 0 Å². The van der Waals surface area contributed by atoms with E-state index in [4.69, 9.17) is 17.3 Å². The molecule has 0 spiro atoms. The van der Waals surface area contributed by atoms with Gasteiger partial charge in [-0.15, -0.1) is 12.4 Å². The van der Waals surface area contributed by atoms with Crippen LogP contribution in [0.2, 0.25) is 5.02 Å². The second-order valence-corrected chi connectivity index (χ2v) is 4.50. The molecule has 1 amide bonds. The van der Waals surface area contributed by atoms with Crippen LogP contribution in [0.5, 0.6) is 0 Å². The zero-order valence-corrected chi connectivity index (χ0v) is 11.5. The van der Waals surface area contributed by atoms with E-state index in [1.165, 1.54) is 0 Å². The molecule has 0 saturated carbocycles. The minimum atomic E-state index is -0.179. The predicted octanol–water partition coefficient (Wildman–Crippen LogP) is 2.47. The topological polar surface area (TPSA) is 55.1 Å². The zero-order valence-electron chi connectivity index (χ0n) is 9.94. The highest BCUT2D eigenvalue weighted by Gasteiger charge is 2.12. The number of carbonyl (C=O) groups is 1. The van der Waals surface area contributed by atoms with Gasteiger partial charge < -0.3 is 11.1 Å². The molecule has 0 saturated heterocycles. The summed E-state index contributed by atoms with van der Waals surface area (Å²) in [5.74, 6) is 0.160. The van der Waals surface area contributed by atoms with E-state index in [0.717, 1.165) is 0 Å². The minimum Gasteiger partial charge on any atom is -0.350 e. The van der Waals surface area contributed by atoms with Crippen molar-refractivity contribution in [3.8, 4) is 0 Å². The summed E-state index contributed by atoms with van der Waals surface area (Å²) in [6, 6.07) is 6.92. The van der Waals surface area contributed by atoms with Crippen LogP contribution in [0, 0.1) is 5.92 Å². The van der Waals surface area contributed by atoms with Gasteiger partial charge in [0.05, 0.1) is 10.6 Å². The number of halogens is 2. The molecule has 1 aromatic carbocycles. The van der Waals surface area contributed by atoms with Crippen LogP contribution in [0.25, 0.3) is 0 Å². The lowest BCUT2D eigenvalue weighted by atomic mass is 10.1. The Hall–Kier alpha value is -0.770. The first-order chi connectivity index (χ1) is 7.52. The summed E-state index contributed by atoms with van der Waals surface area (Å²) in [7, 11) is 0. The Balaban J connectivity index is 0.00000256. The third-order valence-electron chi connectivity index (χ3n) is 2.47. The summed E-state index contributed by atoms with van der Waals surface area (Å²) in [6.45, 7) is 4.50. The van der Waals surface area contributed by atoms with Crippen LogP contribution in [0.3, 0.4) is 0 Å². The molecule has 0 aromatic heterocycles. The van der Waals surface area contributed by atoms with Gasteiger partial charge in [0.1, 0.15) is 0 Å². The molecule has 3 N–H and O–H groups in total. The van der Waals surface area contributed by atoms with E-state index in [0.29, 0.717) is 23.0 Å². The Bertz CT molecular complexity index is 369. The van der Waals surface area contributed by atoms with Gasteiger partial charge in [-0.3, -0.25) is 4.79 Å². The Labute approximate surface area is 113 Å². The molecule has 0 heterocycles. The summed E-state index contributed by atoms with van der Waals surface area (Å²) < 4.78 is 0. The lowest BCUT2D eigenvalue weighted by Crippen LogP contribution is -2.40. The molecule has 96 valence electrons. The number of rotatable bonds is 4. The fourth-order valence-corrected chi connectivity index (χ4v) is 1.41. The van der Waals surface area contributed by atoms with E-state index in [1.807, 2.05) is 13.8 Å². The number of nitrogens with two attached hydrogens (primary N) is 1. The summed E-state index contributed by atoms with van der Waals surface area (Å²) >= 11 is 5.90. The molecule has 1 atom stereocenters. The Morgan fingerprint density at radius 1 is 1.41 bits per heavy atom. The fourth-order valence-electron chi connectivity index (χ4n) is 1.19. The number of benzene rings is 1. The highest BCUT2D eigenvalue weighted by molar-refractivity contribution is 6.33. The van der Waals surface area contributed by atoms with Gasteiger partial charge in [0, 0.05) is 12.6 Å². The van der Waals surface area contributed by atoms with Gasteiger partial charge in [-0.05, 0) is 18.1 Å². The van der Waals surface area contributed by atoms with Crippen molar-refractivity contribution in [3.05, 3.63) is 34.9 Å². The number of hydrogen-bond acceptors (Lipinski definition) is 2. The largest absolute Gasteiger partial charge is 0.350 e. The average Bonchev–Trinajstić information content (AvgIpc) is 2.25. The second-order valence-electron chi connectivity index (χ2n) is 4.10. The van der Waals surface area contributed by atoms with Crippen molar-refractivity contribution >= 4 is 29.9 Å². The standard InChI is InChI=1S/C12H17ClN2O.ClH/c1-8(2)11(14)7-15-12(16)9-5-3-4-6-10(9)13;/h3-6,8,11H,7,14H2,1-2H3,(H,15,16);1H/t11-;/m1./s1. The molecule has 3 nitrogen and oxygen atoms in total. The van der Waals surface area contributed by atoms with Gasteiger partial charge in [0.25, 0.3) is 5.91 Å². The van der Waals surface area contributed by atoms with E-state index in [2.05, 4.69) is 5.32 Å². The monoisotopic (exact) mass is 276 g/mol. The van der Waals surface area contributed by atoms with Crippen LogP contribution in [-0.4, -0.2) is 18.5 Å². The first-order valence-corrected chi connectivity index (χ1v) is 5.68. The normalized spacial score (nSPS) is 11.8. The lowest BCUT2D eigenvalue weighted by Gasteiger charge is -2.16. The predicted molar refractivity (Wildman–Crippen MR) is 73.8 cm³/mol. The number of carbonyl (C=O) groups excluding carboxylic acids is 1. The highest BCUT2D eigenvalue weighted by atomic mass is 35.5. The molecule has 0 aliphatic carbocycles. The molecule has 5 heteroatoms. The van der Waals surface area contributed by atoms with Crippen LogP contribution < -0.4 is 11.1 Å². The molecule has 0 unspecified atom stereocenters. The maximum atomic E-state index is 11.7.